The smallest absolute Gasteiger partial charge is 0.258 e. The van der Waals surface area contributed by atoms with Crippen LogP contribution in [0, 0.1) is 6.92 Å². The van der Waals surface area contributed by atoms with Crippen LogP contribution in [0.4, 0.5) is 0 Å². The van der Waals surface area contributed by atoms with Crippen molar-refractivity contribution in [1.82, 2.24) is 5.32 Å². The molecular formula is C24H25NO3. The maximum atomic E-state index is 12.3. The van der Waals surface area contributed by atoms with E-state index in [1.54, 1.807) is 7.11 Å². The van der Waals surface area contributed by atoms with Gasteiger partial charge in [-0.05, 0) is 48.2 Å². The molecule has 0 aromatic heterocycles. The van der Waals surface area contributed by atoms with Crippen molar-refractivity contribution in [1.29, 1.82) is 0 Å². The van der Waals surface area contributed by atoms with Gasteiger partial charge in [0.1, 0.15) is 0 Å². The van der Waals surface area contributed by atoms with Crippen LogP contribution in [-0.2, 0) is 4.79 Å². The fourth-order valence-electron chi connectivity index (χ4n) is 3.00. The zero-order valence-electron chi connectivity index (χ0n) is 16.4. The highest BCUT2D eigenvalue weighted by Crippen LogP contribution is 2.27. The molecule has 4 nitrogen and oxygen atoms in total. The van der Waals surface area contributed by atoms with Gasteiger partial charge in [0.25, 0.3) is 5.91 Å². The number of carbonyl (C=O) groups excluding carboxylic acids is 1. The van der Waals surface area contributed by atoms with E-state index in [-0.39, 0.29) is 18.6 Å². The highest BCUT2D eigenvalue weighted by molar-refractivity contribution is 5.78. The summed E-state index contributed by atoms with van der Waals surface area (Å²) in [7, 11) is 1.59. The van der Waals surface area contributed by atoms with E-state index in [1.165, 1.54) is 5.56 Å². The van der Waals surface area contributed by atoms with Crippen LogP contribution in [-0.4, -0.2) is 19.6 Å². The molecule has 4 heteroatoms. The van der Waals surface area contributed by atoms with Gasteiger partial charge >= 0.3 is 0 Å². The van der Waals surface area contributed by atoms with Crippen LogP contribution in [0.2, 0.25) is 0 Å². The van der Waals surface area contributed by atoms with Gasteiger partial charge in [-0.2, -0.15) is 0 Å². The number of hydrogen-bond donors (Lipinski definition) is 1. The van der Waals surface area contributed by atoms with Gasteiger partial charge in [0.15, 0.2) is 18.1 Å². The minimum atomic E-state index is -0.178. The number of aryl methyl sites for hydroxylation is 1. The molecule has 0 radical (unpaired) electrons. The molecule has 144 valence electrons. The number of methoxy groups -OCH3 is 1. The molecule has 28 heavy (non-hydrogen) atoms. The van der Waals surface area contributed by atoms with Gasteiger partial charge in [0.05, 0.1) is 13.2 Å². The summed E-state index contributed by atoms with van der Waals surface area (Å²) in [6.45, 7) is 3.87. The zero-order chi connectivity index (χ0) is 19.9. The predicted octanol–water partition coefficient (Wildman–Crippen LogP) is 4.93. The van der Waals surface area contributed by atoms with Crippen LogP contribution < -0.4 is 14.8 Å². The summed E-state index contributed by atoms with van der Waals surface area (Å²) < 4.78 is 10.9. The summed E-state index contributed by atoms with van der Waals surface area (Å²) in [6, 6.07) is 23.9. The summed E-state index contributed by atoms with van der Waals surface area (Å²) in [5, 5.41) is 2.97. The molecule has 0 bridgehead atoms. The van der Waals surface area contributed by atoms with Gasteiger partial charge < -0.3 is 14.8 Å². The summed E-state index contributed by atoms with van der Waals surface area (Å²) in [4.78, 5) is 12.3. The quantitative estimate of drug-likeness (QED) is 0.637. The van der Waals surface area contributed by atoms with Crippen molar-refractivity contribution >= 4 is 5.91 Å². The Kier molecular flexibility index (Phi) is 6.33. The SMILES string of the molecule is COc1cc(C)ccc1OCC(=O)N[C@H](C)c1ccc(-c2ccccc2)cc1. The molecule has 3 aromatic rings. The molecule has 0 aliphatic rings. The number of ether oxygens (including phenoxy) is 2. The maximum Gasteiger partial charge on any atom is 0.258 e. The predicted molar refractivity (Wildman–Crippen MR) is 112 cm³/mol. The van der Waals surface area contributed by atoms with Crippen LogP contribution in [0.25, 0.3) is 11.1 Å². The number of benzene rings is 3. The van der Waals surface area contributed by atoms with Gasteiger partial charge in [-0.25, -0.2) is 0 Å². The van der Waals surface area contributed by atoms with E-state index in [2.05, 4.69) is 29.6 Å². The first-order valence-corrected chi connectivity index (χ1v) is 9.29. The Balaban J connectivity index is 1.57. The van der Waals surface area contributed by atoms with Gasteiger partial charge in [-0.15, -0.1) is 0 Å². The lowest BCUT2D eigenvalue weighted by atomic mass is 10.0. The van der Waals surface area contributed by atoms with Crippen molar-refractivity contribution in [2.75, 3.05) is 13.7 Å². The van der Waals surface area contributed by atoms with E-state index < -0.39 is 0 Å². The largest absolute Gasteiger partial charge is 0.493 e. The van der Waals surface area contributed by atoms with E-state index in [0.29, 0.717) is 11.5 Å². The molecule has 0 fully saturated rings. The Hall–Kier alpha value is -3.27. The lowest BCUT2D eigenvalue weighted by Gasteiger charge is -2.16. The van der Waals surface area contributed by atoms with Crippen LogP contribution in [0.15, 0.2) is 72.8 Å². The molecular weight excluding hydrogens is 350 g/mol. The average Bonchev–Trinajstić information content (AvgIpc) is 2.73. The Morgan fingerprint density at radius 1 is 0.929 bits per heavy atom. The van der Waals surface area contributed by atoms with E-state index in [9.17, 15) is 4.79 Å². The summed E-state index contributed by atoms with van der Waals surface area (Å²) in [5.41, 5.74) is 4.44. The molecule has 3 aromatic carbocycles. The van der Waals surface area contributed by atoms with Crippen LogP contribution in [0.3, 0.4) is 0 Å². The Morgan fingerprint density at radius 3 is 2.29 bits per heavy atom. The summed E-state index contributed by atoms with van der Waals surface area (Å²) >= 11 is 0. The van der Waals surface area contributed by atoms with Crippen LogP contribution in [0.5, 0.6) is 11.5 Å². The van der Waals surface area contributed by atoms with E-state index in [4.69, 9.17) is 9.47 Å². The van der Waals surface area contributed by atoms with Crippen molar-refractivity contribution in [3.05, 3.63) is 83.9 Å². The maximum absolute atomic E-state index is 12.3. The molecule has 1 atom stereocenters. The Morgan fingerprint density at radius 2 is 1.61 bits per heavy atom. The first-order chi connectivity index (χ1) is 13.6. The third kappa shape index (κ3) is 4.92. The molecule has 1 amide bonds. The van der Waals surface area contributed by atoms with Crippen LogP contribution >= 0.6 is 0 Å². The van der Waals surface area contributed by atoms with Crippen molar-refractivity contribution in [2.24, 2.45) is 0 Å². The van der Waals surface area contributed by atoms with Crippen molar-refractivity contribution in [3.8, 4) is 22.6 Å². The first kappa shape index (κ1) is 19.5. The second kappa shape index (κ2) is 9.09. The lowest BCUT2D eigenvalue weighted by molar-refractivity contribution is -0.123. The normalized spacial score (nSPS) is 11.5. The highest BCUT2D eigenvalue weighted by Gasteiger charge is 2.12. The van der Waals surface area contributed by atoms with Gasteiger partial charge in [0, 0.05) is 0 Å². The third-order valence-corrected chi connectivity index (χ3v) is 4.57. The van der Waals surface area contributed by atoms with Gasteiger partial charge in [0.2, 0.25) is 0 Å². The second-order valence-corrected chi connectivity index (χ2v) is 6.72. The average molecular weight is 375 g/mol. The Labute approximate surface area is 166 Å². The fraction of sp³-hybridized carbons (Fsp3) is 0.208. The van der Waals surface area contributed by atoms with Crippen LogP contribution in [0.1, 0.15) is 24.1 Å². The zero-order valence-corrected chi connectivity index (χ0v) is 16.4. The monoisotopic (exact) mass is 375 g/mol. The number of amides is 1. The van der Waals surface area contributed by atoms with Gasteiger partial charge in [-0.1, -0.05) is 60.7 Å². The van der Waals surface area contributed by atoms with Crippen molar-refractivity contribution in [3.63, 3.8) is 0 Å². The Bertz CT molecular complexity index is 920. The summed E-state index contributed by atoms with van der Waals surface area (Å²) in [6.07, 6.45) is 0. The molecule has 0 saturated carbocycles. The molecule has 0 heterocycles. The van der Waals surface area contributed by atoms with Crippen molar-refractivity contribution < 1.29 is 14.3 Å². The minimum absolute atomic E-state index is 0.0636. The fourth-order valence-corrected chi connectivity index (χ4v) is 3.00. The topological polar surface area (TPSA) is 47.6 Å². The van der Waals surface area contributed by atoms with E-state index in [0.717, 1.165) is 16.7 Å². The molecule has 0 aliphatic heterocycles. The summed E-state index contributed by atoms with van der Waals surface area (Å²) in [5.74, 6) is 1.00. The number of nitrogens with one attached hydrogen (secondary N) is 1. The minimum Gasteiger partial charge on any atom is -0.493 e. The number of hydrogen-bond acceptors (Lipinski definition) is 3. The number of carbonyl (C=O) groups is 1. The van der Waals surface area contributed by atoms with E-state index >= 15 is 0 Å². The highest BCUT2D eigenvalue weighted by atomic mass is 16.5. The molecule has 3 rings (SSSR count). The van der Waals surface area contributed by atoms with Gasteiger partial charge in [-0.3, -0.25) is 4.79 Å². The third-order valence-electron chi connectivity index (χ3n) is 4.57. The number of rotatable bonds is 7. The first-order valence-electron chi connectivity index (χ1n) is 9.29. The molecule has 0 spiro atoms. The molecule has 1 N–H and O–H groups in total. The molecule has 0 unspecified atom stereocenters. The van der Waals surface area contributed by atoms with E-state index in [1.807, 2.05) is 62.4 Å². The molecule has 0 saturated heterocycles. The van der Waals surface area contributed by atoms with Crippen molar-refractivity contribution in [2.45, 2.75) is 19.9 Å². The second-order valence-electron chi connectivity index (χ2n) is 6.72. The lowest BCUT2D eigenvalue weighted by Crippen LogP contribution is -2.31. The molecule has 0 aliphatic carbocycles. The standard InChI is InChI=1S/C24H25NO3/c1-17-9-14-22(23(15-17)27-3)28-16-24(26)25-18(2)19-10-12-21(13-11-19)20-7-5-4-6-8-20/h4-15,18H,16H2,1-3H3,(H,25,26)/t18-/m1/s1.